The van der Waals surface area contributed by atoms with Gasteiger partial charge in [0.15, 0.2) is 0 Å². The average Bonchev–Trinajstić information content (AvgIpc) is 3.16. The number of nitrogens with two attached hydrogens (primary N) is 1. The summed E-state index contributed by atoms with van der Waals surface area (Å²) in [6.07, 6.45) is 2.82. The maximum Gasteiger partial charge on any atom is 0.258 e. The Balaban J connectivity index is 1.75. The van der Waals surface area contributed by atoms with Crippen LogP contribution >= 0.6 is 0 Å². The summed E-state index contributed by atoms with van der Waals surface area (Å²) in [5.74, 6) is 0.404. The molecule has 2 heterocycles. The van der Waals surface area contributed by atoms with E-state index in [1.54, 1.807) is 23.1 Å². The molecule has 3 N–H and O–H groups in total. The monoisotopic (exact) mass is 299 g/mol. The van der Waals surface area contributed by atoms with E-state index in [4.69, 9.17) is 10.2 Å². The first-order valence-electron chi connectivity index (χ1n) is 7.16. The maximum atomic E-state index is 12.1. The Morgan fingerprint density at radius 1 is 1.36 bits per heavy atom. The van der Waals surface area contributed by atoms with Gasteiger partial charge in [-0.3, -0.25) is 9.59 Å². The number of benzene rings is 1. The van der Waals surface area contributed by atoms with E-state index in [0.717, 1.165) is 18.7 Å². The number of rotatable bonds is 4. The molecular weight excluding hydrogens is 282 g/mol. The largest absolute Gasteiger partial charge is 0.467 e. The lowest BCUT2D eigenvalue weighted by molar-refractivity contribution is -0.117. The molecule has 1 saturated heterocycles. The number of carbonyl (C=O) groups is 2. The molecule has 0 bridgehead atoms. The molecule has 1 aromatic heterocycles. The highest BCUT2D eigenvalue weighted by molar-refractivity contribution is 6.04. The Kier molecular flexibility index (Phi) is 3.93. The lowest BCUT2D eigenvalue weighted by atomic mass is 10.2. The van der Waals surface area contributed by atoms with Gasteiger partial charge in [0.2, 0.25) is 5.91 Å². The van der Waals surface area contributed by atoms with Crippen molar-refractivity contribution in [2.24, 2.45) is 5.73 Å². The molecule has 1 aromatic carbocycles. The van der Waals surface area contributed by atoms with Crippen LogP contribution in [0, 0.1) is 0 Å². The fourth-order valence-corrected chi connectivity index (χ4v) is 2.48. The molecule has 3 rings (SSSR count). The van der Waals surface area contributed by atoms with Crippen molar-refractivity contribution in [2.75, 3.05) is 16.8 Å². The van der Waals surface area contributed by atoms with Crippen molar-refractivity contribution in [3.63, 3.8) is 0 Å². The van der Waals surface area contributed by atoms with Crippen LogP contribution in [0.25, 0.3) is 0 Å². The van der Waals surface area contributed by atoms with Crippen molar-refractivity contribution in [1.29, 1.82) is 0 Å². The number of carbonyl (C=O) groups excluding carboxylic acids is 2. The first-order valence-corrected chi connectivity index (χ1v) is 7.16. The maximum absolute atomic E-state index is 12.1. The SMILES string of the molecule is NCc1cc(C(=O)Nc2cccc(N3CCCC3=O)c2)co1. The fraction of sp³-hybridized carbons (Fsp3) is 0.250. The van der Waals surface area contributed by atoms with Crippen molar-refractivity contribution in [3.8, 4) is 0 Å². The van der Waals surface area contributed by atoms with Gasteiger partial charge in [-0.05, 0) is 30.7 Å². The van der Waals surface area contributed by atoms with E-state index in [2.05, 4.69) is 5.32 Å². The lowest BCUT2D eigenvalue weighted by Crippen LogP contribution is -2.23. The number of nitrogens with one attached hydrogen (secondary N) is 1. The first-order chi connectivity index (χ1) is 10.7. The van der Waals surface area contributed by atoms with Gasteiger partial charge in [-0.1, -0.05) is 6.07 Å². The minimum absolute atomic E-state index is 0.117. The molecule has 0 unspecified atom stereocenters. The summed E-state index contributed by atoms with van der Waals surface area (Å²) < 4.78 is 5.15. The van der Waals surface area contributed by atoms with Gasteiger partial charge in [-0.2, -0.15) is 0 Å². The number of furan rings is 1. The van der Waals surface area contributed by atoms with E-state index in [0.29, 0.717) is 23.4 Å². The van der Waals surface area contributed by atoms with Crippen LogP contribution in [0.1, 0.15) is 29.0 Å². The van der Waals surface area contributed by atoms with Gasteiger partial charge in [0.05, 0.1) is 12.1 Å². The Morgan fingerprint density at radius 3 is 2.91 bits per heavy atom. The van der Waals surface area contributed by atoms with Crippen LogP contribution in [-0.4, -0.2) is 18.4 Å². The van der Waals surface area contributed by atoms with Crippen LogP contribution in [0.3, 0.4) is 0 Å². The second kappa shape index (κ2) is 6.03. The first kappa shape index (κ1) is 14.3. The number of nitrogens with zero attached hydrogens (tertiary/aromatic N) is 1. The van der Waals surface area contributed by atoms with Crippen LogP contribution in [-0.2, 0) is 11.3 Å². The van der Waals surface area contributed by atoms with E-state index in [-0.39, 0.29) is 18.4 Å². The van der Waals surface area contributed by atoms with Crippen molar-refractivity contribution in [2.45, 2.75) is 19.4 Å². The van der Waals surface area contributed by atoms with E-state index in [1.807, 2.05) is 12.1 Å². The van der Waals surface area contributed by atoms with Crippen LogP contribution < -0.4 is 16.0 Å². The Hall–Kier alpha value is -2.60. The molecule has 1 aliphatic heterocycles. The molecule has 0 radical (unpaired) electrons. The van der Waals surface area contributed by atoms with Gasteiger partial charge in [0.1, 0.15) is 12.0 Å². The Morgan fingerprint density at radius 2 is 2.23 bits per heavy atom. The van der Waals surface area contributed by atoms with Gasteiger partial charge >= 0.3 is 0 Å². The summed E-state index contributed by atoms with van der Waals surface area (Å²) in [6.45, 7) is 0.970. The predicted octanol–water partition coefficient (Wildman–Crippen LogP) is 2.12. The minimum atomic E-state index is -0.270. The van der Waals surface area contributed by atoms with E-state index < -0.39 is 0 Å². The van der Waals surface area contributed by atoms with Crippen LogP contribution in [0.5, 0.6) is 0 Å². The molecule has 0 spiro atoms. The van der Waals surface area contributed by atoms with Crippen molar-refractivity contribution < 1.29 is 14.0 Å². The van der Waals surface area contributed by atoms with Crippen LogP contribution in [0.2, 0.25) is 0 Å². The molecule has 0 atom stereocenters. The number of amides is 2. The highest BCUT2D eigenvalue weighted by Gasteiger charge is 2.21. The van der Waals surface area contributed by atoms with Gasteiger partial charge in [0, 0.05) is 24.3 Å². The van der Waals surface area contributed by atoms with Gasteiger partial charge in [0.25, 0.3) is 5.91 Å². The molecule has 114 valence electrons. The Labute approximate surface area is 127 Å². The van der Waals surface area contributed by atoms with Crippen LogP contribution in [0.4, 0.5) is 11.4 Å². The van der Waals surface area contributed by atoms with Crippen molar-refractivity contribution in [1.82, 2.24) is 0 Å². The zero-order valence-corrected chi connectivity index (χ0v) is 12.0. The smallest absolute Gasteiger partial charge is 0.258 e. The second-order valence-electron chi connectivity index (χ2n) is 5.16. The number of hydrogen-bond acceptors (Lipinski definition) is 4. The van der Waals surface area contributed by atoms with Crippen LogP contribution in [0.15, 0.2) is 41.0 Å². The normalized spacial score (nSPS) is 14.4. The van der Waals surface area contributed by atoms with Gasteiger partial charge in [-0.15, -0.1) is 0 Å². The predicted molar refractivity (Wildman–Crippen MR) is 82.6 cm³/mol. The summed E-state index contributed by atoms with van der Waals surface area (Å²) in [5, 5.41) is 2.80. The quantitative estimate of drug-likeness (QED) is 0.905. The minimum Gasteiger partial charge on any atom is -0.467 e. The van der Waals surface area contributed by atoms with E-state index in [1.165, 1.54) is 6.26 Å². The zero-order chi connectivity index (χ0) is 15.5. The molecule has 2 amide bonds. The third-order valence-corrected chi connectivity index (χ3v) is 3.61. The van der Waals surface area contributed by atoms with Crippen molar-refractivity contribution in [3.05, 3.63) is 47.9 Å². The summed E-state index contributed by atoms with van der Waals surface area (Å²) in [7, 11) is 0. The summed E-state index contributed by atoms with van der Waals surface area (Å²) >= 11 is 0. The molecule has 0 saturated carbocycles. The zero-order valence-electron chi connectivity index (χ0n) is 12.0. The van der Waals surface area contributed by atoms with Crippen molar-refractivity contribution >= 4 is 23.2 Å². The number of hydrogen-bond donors (Lipinski definition) is 2. The van der Waals surface area contributed by atoms with E-state index in [9.17, 15) is 9.59 Å². The number of anilines is 2. The molecule has 22 heavy (non-hydrogen) atoms. The summed E-state index contributed by atoms with van der Waals surface area (Å²) in [5.41, 5.74) is 7.31. The third kappa shape index (κ3) is 2.87. The average molecular weight is 299 g/mol. The highest BCUT2D eigenvalue weighted by Crippen LogP contribution is 2.24. The molecule has 6 heteroatoms. The molecule has 1 aliphatic rings. The fourth-order valence-electron chi connectivity index (χ4n) is 2.48. The summed E-state index contributed by atoms with van der Waals surface area (Å²) in [6, 6.07) is 8.88. The van der Waals surface area contributed by atoms with Gasteiger partial charge in [-0.25, -0.2) is 0 Å². The van der Waals surface area contributed by atoms with E-state index >= 15 is 0 Å². The topological polar surface area (TPSA) is 88.6 Å². The molecule has 2 aromatic rings. The highest BCUT2D eigenvalue weighted by atomic mass is 16.3. The third-order valence-electron chi connectivity index (χ3n) is 3.61. The molecule has 1 fully saturated rings. The Bertz CT molecular complexity index is 708. The summed E-state index contributed by atoms with van der Waals surface area (Å²) in [4.78, 5) is 25.7. The molecule has 6 nitrogen and oxygen atoms in total. The lowest BCUT2D eigenvalue weighted by Gasteiger charge is -2.16. The standard InChI is InChI=1S/C16H17N3O3/c17-9-14-7-11(10-22-14)16(21)18-12-3-1-4-13(8-12)19-6-2-5-15(19)20/h1,3-4,7-8,10H,2,5-6,9,17H2,(H,18,21). The molecular formula is C16H17N3O3. The molecule has 0 aliphatic carbocycles. The van der Waals surface area contributed by atoms with Gasteiger partial charge < -0.3 is 20.4 Å². The second-order valence-corrected chi connectivity index (χ2v) is 5.16.